The normalized spacial score (nSPS) is 10.3. The van der Waals surface area contributed by atoms with Gasteiger partial charge in [-0.2, -0.15) is 5.26 Å². The van der Waals surface area contributed by atoms with Crippen LogP contribution in [0.1, 0.15) is 10.4 Å². The molecule has 0 aliphatic carbocycles. The van der Waals surface area contributed by atoms with Crippen molar-refractivity contribution in [2.24, 2.45) is 0 Å². The molecule has 3 rings (SSSR count). The molecule has 3 nitrogen and oxygen atoms in total. The van der Waals surface area contributed by atoms with Crippen molar-refractivity contribution in [1.29, 1.82) is 5.26 Å². The molecule has 0 saturated heterocycles. The van der Waals surface area contributed by atoms with Crippen LogP contribution in [0.4, 0.5) is 9.39 Å². The third-order valence-corrected chi connectivity index (χ3v) is 5.73. The number of halogens is 1. The maximum Gasteiger partial charge on any atom is 0.235 e. The second-order valence-corrected chi connectivity index (χ2v) is 7.78. The summed E-state index contributed by atoms with van der Waals surface area (Å²) in [6.07, 6.45) is 0. The van der Waals surface area contributed by atoms with Crippen molar-refractivity contribution in [1.82, 2.24) is 0 Å². The van der Waals surface area contributed by atoms with Gasteiger partial charge < -0.3 is 5.32 Å². The summed E-state index contributed by atoms with van der Waals surface area (Å²) in [5.41, 5.74) is 1.91. The molecule has 0 radical (unpaired) electrons. The average Bonchev–Trinajstić information content (AvgIpc) is 2.96. The third kappa shape index (κ3) is 4.13. The number of carbonyl (C=O) groups excluding carboxylic acids is 1. The van der Waals surface area contributed by atoms with Crippen LogP contribution in [0.5, 0.6) is 0 Å². The molecule has 1 aromatic heterocycles. The number of benzene rings is 2. The number of thioether (sulfide) groups is 1. The number of anilines is 1. The van der Waals surface area contributed by atoms with E-state index < -0.39 is 0 Å². The van der Waals surface area contributed by atoms with Gasteiger partial charge in [0.25, 0.3) is 0 Å². The van der Waals surface area contributed by atoms with Crippen LogP contribution in [-0.2, 0) is 4.79 Å². The number of hydrogen-bond acceptors (Lipinski definition) is 4. The molecule has 2 aromatic carbocycles. The Bertz CT molecular complexity index is 960. The number of hydrogen-bond donors (Lipinski definition) is 1. The predicted molar refractivity (Wildman–Crippen MR) is 105 cm³/mol. The first-order chi connectivity index (χ1) is 12.6. The Morgan fingerprint density at radius 3 is 2.54 bits per heavy atom. The Kier molecular flexibility index (Phi) is 5.71. The van der Waals surface area contributed by atoms with Crippen LogP contribution in [0.2, 0.25) is 0 Å². The summed E-state index contributed by atoms with van der Waals surface area (Å²) >= 11 is 2.80. The first-order valence-electron chi connectivity index (χ1n) is 7.85. The molecule has 0 fully saturated rings. The highest BCUT2D eigenvalue weighted by atomic mass is 32.2. The van der Waals surface area contributed by atoms with E-state index in [1.807, 2.05) is 37.3 Å². The van der Waals surface area contributed by atoms with E-state index in [-0.39, 0.29) is 17.5 Å². The first-order valence-corrected chi connectivity index (χ1v) is 9.66. The number of amides is 1. The summed E-state index contributed by atoms with van der Waals surface area (Å²) in [6, 6.07) is 17.8. The van der Waals surface area contributed by atoms with Crippen LogP contribution >= 0.6 is 23.1 Å². The number of rotatable bonds is 5. The van der Waals surface area contributed by atoms with Crippen LogP contribution in [0.15, 0.2) is 59.5 Å². The Balaban J connectivity index is 1.78. The van der Waals surface area contributed by atoms with Gasteiger partial charge in [0.1, 0.15) is 16.9 Å². The van der Waals surface area contributed by atoms with Gasteiger partial charge in [0.2, 0.25) is 5.91 Å². The molecular formula is C20H15FN2OS2. The lowest BCUT2D eigenvalue weighted by molar-refractivity contribution is -0.113. The molecule has 0 unspecified atom stereocenters. The van der Waals surface area contributed by atoms with Crippen LogP contribution in [0.3, 0.4) is 0 Å². The molecule has 0 bridgehead atoms. The van der Waals surface area contributed by atoms with Gasteiger partial charge in [-0.25, -0.2) is 4.39 Å². The van der Waals surface area contributed by atoms with E-state index in [0.717, 1.165) is 20.9 Å². The number of nitrogens with one attached hydrogen (secondary N) is 1. The van der Waals surface area contributed by atoms with Gasteiger partial charge in [-0.15, -0.1) is 23.1 Å². The largest absolute Gasteiger partial charge is 0.316 e. The zero-order valence-electron chi connectivity index (χ0n) is 14.0. The minimum absolute atomic E-state index is 0.165. The Hall–Kier alpha value is -2.62. The summed E-state index contributed by atoms with van der Waals surface area (Å²) in [7, 11) is 0. The molecule has 1 amide bonds. The molecule has 0 aliphatic rings. The van der Waals surface area contributed by atoms with Crippen LogP contribution in [0, 0.1) is 24.1 Å². The van der Waals surface area contributed by atoms with E-state index in [1.54, 1.807) is 12.1 Å². The van der Waals surface area contributed by atoms with Crippen molar-refractivity contribution >= 4 is 34.0 Å². The topological polar surface area (TPSA) is 52.9 Å². The quantitative estimate of drug-likeness (QED) is 0.596. The first kappa shape index (κ1) is 18.2. The van der Waals surface area contributed by atoms with Crippen molar-refractivity contribution in [2.75, 3.05) is 11.1 Å². The van der Waals surface area contributed by atoms with Gasteiger partial charge in [0.05, 0.1) is 11.3 Å². The lowest BCUT2D eigenvalue weighted by Crippen LogP contribution is -2.13. The van der Waals surface area contributed by atoms with E-state index in [0.29, 0.717) is 10.6 Å². The fourth-order valence-corrected chi connectivity index (χ4v) is 4.29. The molecule has 1 N–H and O–H groups in total. The number of carbonyl (C=O) groups is 1. The van der Waals surface area contributed by atoms with E-state index in [9.17, 15) is 14.4 Å². The molecule has 3 aromatic rings. The minimum Gasteiger partial charge on any atom is -0.316 e. The summed E-state index contributed by atoms with van der Waals surface area (Å²) < 4.78 is 13.2. The Labute approximate surface area is 159 Å². The molecular weight excluding hydrogens is 367 g/mol. The summed E-state index contributed by atoms with van der Waals surface area (Å²) in [5.74, 6) is -0.230. The lowest BCUT2D eigenvalue weighted by atomic mass is 10.0. The fourth-order valence-electron chi connectivity index (χ4n) is 2.53. The lowest BCUT2D eigenvalue weighted by Gasteiger charge is -2.05. The number of nitrogens with zero attached hydrogens (tertiary/aromatic N) is 1. The molecule has 0 saturated carbocycles. The van der Waals surface area contributed by atoms with Crippen molar-refractivity contribution in [3.05, 3.63) is 70.9 Å². The molecule has 6 heteroatoms. The predicted octanol–water partition coefficient (Wildman–Crippen LogP) is 5.47. The van der Waals surface area contributed by atoms with Gasteiger partial charge in [0.15, 0.2) is 0 Å². The monoisotopic (exact) mass is 382 g/mol. The zero-order chi connectivity index (χ0) is 18.5. The molecule has 0 aliphatic heterocycles. The van der Waals surface area contributed by atoms with Gasteiger partial charge in [-0.3, -0.25) is 4.79 Å². The Morgan fingerprint density at radius 2 is 1.88 bits per heavy atom. The highest BCUT2D eigenvalue weighted by Gasteiger charge is 2.19. The van der Waals surface area contributed by atoms with E-state index >= 15 is 0 Å². The molecule has 130 valence electrons. The van der Waals surface area contributed by atoms with Gasteiger partial charge in [-0.1, -0.05) is 30.3 Å². The SMILES string of the molecule is Cc1sc(NC(=O)CSc2ccccc2)c(C#N)c1-c1ccc(F)cc1. The Morgan fingerprint density at radius 1 is 1.19 bits per heavy atom. The molecule has 26 heavy (non-hydrogen) atoms. The molecule has 0 spiro atoms. The van der Waals surface area contributed by atoms with E-state index in [4.69, 9.17) is 0 Å². The molecule has 1 heterocycles. The number of nitriles is 1. The van der Waals surface area contributed by atoms with Gasteiger partial charge in [-0.05, 0) is 36.8 Å². The minimum atomic E-state index is -0.327. The summed E-state index contributed by atoms with van der Waals surface area (Å²) in [5, 5.41) is 12.9. The van der Waals surface area contributed by atoms with E-state index in [2.05, 4.69) is 11.4 Å². The second kappa shape index (κ2) is 8.17. The second-order valence-electron chi connectivity index (χ2n) is 5.51. The maximum absolute atomic E-state index is 13.2. The van der Waals surface area contributed by atoms with Crippen LogP contribution in [-0.4, -0.2) is 11.7 Å². The number of aryl methyl sites for hydroxylation is 1. The van der Waals surface area contributed by atoms with Crippen molar-refractivity contribution < 1.29 is 9.18 Å². The van der Waals surface area contributed by atoms with Crippen molar-refractivity contribution in [3.63, 3.8) is 0 Å². The fraction of sp³-hybridized carbons (Fsp3) is 0.100. The van der Waals surface area contributed by atoms with E-state index in [1.165, 1.54) is 35.2 Å². The highest BCUT2D eigenvalue weighted by Crippen LogP contribution is 2.39. The third-order valence-electron chi connectivity index (χ3n) is 3.70. The summed E-state index contributed by atoms with van der Waals surface area (Å²) in [4.78, 5) is 14.2. The van der Waals surface area contributed by atoms with Crippen LogP contribution in [0.25, 0.3) is 11.1 Å². The van der Waals surface area contributed by atoms with Gasteiger partial charge in [0, 0.05) is 15.3 Å². The molecule has 0 atom stereocenters. The van der Waals surface area contributed by atoms with Crippen LogP contribution < -0.4 is 5.32 Å². The average molecular weight is 382 g/mol. The van der Waals surface area contributed by atoms with Gasteiger partial charge >= 0.3 is 0 Å². The standard InChI is InChI=1S/C20H15FN2OS2/c1-13-19(14-7-9-15(21)10-8-14)17(11-22)20(26-13)23-18(24)12-25-16-5-3-2-4-6-16/h2-10H,12H2,1H3,(H,23,24). The van der Waals surface area contributed by atoms with Crippen molar-refractivity contribution in [2.45, 2.75) is 11.8 Å². The smallest absolute Gasteiger partial charge is 0.235 e. The zero-order valence-corrected chi connectivity index (χ0v) is 15.6. The van der Waals surface area contributed by atoms with Crippen molar-refractivity contribution in [3.8, 4) is 17.2 Å². The number of thiophene rings is 1. The summed E-state index contributed by atoms with van der Waals surface area (Å²) in [6.45, 7) is 1.89. The highest BCUT2D eigenvalue weighted by molar-refractivity contribution is 8.00. The maximum atomic E-state index is 13.2.